The second-order valence-corrected chi connectivity index (χ2v) is 7.01. The third-order valence-electron chi connectivity index (χ3n) is 4.93. The minimum Gasteiger partial charge on any atom is -0.428 e. The van der Waals surface area contributed by atoms with Crippen molar-refractivity contribution in [2.45, 2.75) is 25.4 Å². The van der Waals surface area contributed by atoms with E-state index in [9.17, 15) is 22.8 Å². The third kappa shape index (κ3) is 3.62. The van der Waals surface area contributed by atoms with E-state index in [4.69, 9.17) is 10.5 Å². The number of alkyl halides is 4. The number of nitriles is 1. The summed E-state index contributed by atoms with van der Waals surface area (Å²) >= 11 is 0. The molecule has 1 aliphatic rings. The van der Waals surface area contributed by atoms with Crippen LogP contribution in [-0.4, -0.2) is 22.3 Å². The topological polar surface area (TPSA) is 86.1 Å². The summed E-state index contributed by atoms with van der Waals surface area (Å²) in [5, 5.41) is 14.2. The molecule has 164 valence electrons. The van der Waals surface area contributed by atoms with E-state index in [1.54, 1.807) is 25.1 Å². The molecule has 3 aromatic rings. The molecule has 2 aromatic carbocycles. The number of halogens is 4. The number of hydrogen-bond acceptors (Lipinski definition) is 5. The largest absolute Gasteiger partial charge is 0.461 e. The Morgan fingerprint density at radius 3 is 2.56 bits per heavy atom. The molecule has 1 unspecified atom stereocenters. The van der Waals surface area contributed by atoms with Gasteiger partial charge in [-0.3, -0.25) is 0 Å². The van der Waals surface area contributed by atoms with E-state index in [2.05, 4.69) is 9.84 Å². The van der Waals surface area contributed by atoms with Crippen molar-refractivity contribution in [1.82, 2.24) is 9.78 Å². The first-order valence-corrected chi connectivity index (χ1v) is 9.40. The summed E-state index contributed by atoms with van der Waals surface area (Å²) in [7, 11) is 0. The number of aryl methyl sites for hydroxylation is 1. The van der Waals surface area contributed by atoms with Gasteiger partial charge in [0.1, 0.15) is 17.4 Å². The van der Waals surface area contributed by atoms with Crippen LogP contribution in [0.4, 0.5) is 17.6 Å². The normalized spacial score (nSPS) is 15.8. The molecular formula is C22H16F4N4O2. The average Bonchev–Trinajstić information content (AvgIpc) is 3.09. The van der Waals surface area contributed by atoms with Gasteiger partial charge in [0.05, 0.1) is 22.9 Å². The Labute approximate surface area is 180 Å². The first-order chi connectivity index (χ1) is 15.2. The zero-order valence-electron chi connectivity index (χ0n) is 16.6. The summed E-state index contributed by atoms with van der Waals surface area (Å²) < 4.78 is 63.4. The number of ether oxygens (including phenoxy) is 2. The molecule has 2 N–H and O–H groups in total. The summed E-state index contributed by atoms with van der Waals surface area (Å²) in [5.41, 5.74) is 8.06. The van der Waals surface area contributed by atoms with Crippen LogP contribution in [-0.2, 0) is 0 Å². The van der Waals surface area contributed by atoms with E-state index >= 15 is 0 Å². The van der Waals surface area contributed by atoms with Crippen LogP contribution >= 0.6 is 0 Å². The first-order valence-electron chi connectivity index (χ1n) is 9.40. The van der Waals surface area contributed by atoms with Crippen molar-refractivity contribution in [3.05, 3.63) is 82.9 Å². The van der Waals surface area contributed by atoms with Gasteiger partial charge in [-0.05, 0) is 36.8 Å². The lowest BCUT2D eigenvalue weighted by Gasteiger charge is -2.25. The van der Waals surface area contributed by atoms with Gasteiger partial charge in [0.15, 0.2) is 0 Å². The Balaban J connectivity index is 1.85. The van der Waals surface area contributed by atoms with Crippen molar-refractivity contribution in [1.29, 1.82) is 5.26 Å². The number of allylic oxidation sites excluding steroid dienone is 1. The molecule has 0 radical (unpaired) electrons. The van der Waals surface area contributed by atoms with Gasteiger partial charge in [-0.15, -0.1) is 0 Å². The quantitative estimate of drug-likeness (QED) is 0.580. The second kappa shape index (κ2) is 7.92. The molecule has 0 spiro atoms. The van der Waals surface area contributed by atoms with Crippen LogP contribution in [0.3, 0.4) is 0 Å². The molecule has 6 nitrogen and oxygen atoms in total. The van der Waals surface area contributed by atoms with Crippen LogP contribution in [0.2, 0.25) is 0 Å². The Morgan fingerprint density at radius 2 is 1.91 bits per heavy atom. The molecule has 0 aliphatic carbocycles. The molecule has 0 saturated carbocycles. The molecule has 10 heteroatoms. The average molecular weight is 444 g/mol. The molecular weight excluding hydrogens is 428 g/mol. The smallest absolute Gasteiger partial charge is 0.428 e. The summed E-state index contributed by atoms with van der Waals surface area (Å²) in [4.78, 5) is 0. The van der Waals surface area contributed by atoms with Crippen molar-refractivity contribution < 1.29 is 27.0 Å². The molecule has 0 saturated heterocycles. The molecule has 4 rings (SSSR count). The molecule has 0 amide bonds. The van der Waals surface area contributed by atoms with Gasteiger partial charge in [0.2, 0.25) is 11.8 Å². The van der Waals surface area contributed by atoms with Gasteiger partial charge < -0.3 is 15.2 Å². The summed E-state index contributed by atoms with van der Waals surface area (Å²) in [6.07, 6.45) is -8.67. The minimum atomic E-state index is -4.67. The maximum Gasteiger partial charge on any atom is 0.461 e. The summed E-state index contributed by atoms with van der Waals surface area (Å²) in [5.74, 6) is -1.22. The Kier molecular flexibility index (Phi) is 5.26. The lowest BCUT2D eigenvalue weighted by Crippen LogP contribution is -2.33. The maximum absolute atomic E-state index is 13.4. The molecule has 0 bridgehead atoms. The number of benzene rings is 2. The summed E-state index contributed by atoms with van der Waals surface area (Å²) in [6, 6.07) is 16.2. The predicted molar refractivity (Wildman–Crippen MR) is 106 cm³/mol. The highest BCUT2D eigenvalue weighted by molar-refractivity contribution is 5.57. The Hall–Kier alpha value is -4.00. The molecule has 1 aliphatic heterocycles. The van der Waals surface area contributed by atoms with Crippen molar-refractivity contribution >= 4 is 0 Å². The van der Waals surface area contributed by atoms with E-state index in [0.717, 1.165) is 6.07 Å². The highest BCUT2D eigenvalue weighted by Crippen LogP contribution is 2.45. The summed E-state index contributed by atoms with van der Waals surface area (Å²) in [6.45, 7) is 1.70. The van der Waals surface area contributed by atoms with Crippen LogP contribution < -0.4 is 15.2 Å². The third-order valence-corrected chi connectivity index (χ3v) is 4.93. The van der Waals surface area contributed by atoms with E-state index in [1.165, 1.54) is 16.8 Å². The number of aromatic nitrogens is 2. The fraction of sp³-hybridized carbons (Fsp3) is 0.182. The SMILES string of the molecule is Cc1nn(-c2ccccc2)c2c1C(c1cccc(OC(F)(F)C(F)F)c1)C(C#N)=C(N)O2. The highest BCUT2D eigenvalue weighted by atomic mass is 19.3. The lowest BCUT2D eigenvalue weighted by molar-refractivity contribution is -0.253. The van der Waals surface area contributed by atoms with Gasteiger partial charge in [0, 0.05) is 0 Å². The number of para-hydroxylation sites is 1. The maximum atomic E-state index is 13.4. The van der Waals surface area contributed by atoms with E-state index in [1.807, 2.05) is 24.3 Å². The van der Waals surface area contributed by atoms with Crippen LogP contribution in [0.5, 0.6) is 11.6 Å². The van der Waals surface area contributed by atoms with Gasteiger partial charge in [-0.25, -0.2) is 4.68 Å². The lowest BCUT2D eigenvalue weighted by atomic mass is 9.84. The van der Waals surface area contributed by atoms with Crippen molar-refractivity contribution in [2.75, 3.05) is 0 Å². The number of hydrogen-bond donors (Lipinski definition) is 1. The van der Waals surface area contributed by atoms with Crippen molar-refractivity contribution in [2.24, 2.45) is 5.73 Å². The molecule has 1 atom stereocenters. The molecule has 2 heterocycles. The number of fused-ring (bicyclic) bond motifs is 1. The molecule has 1 aromatic heterocycles. The van der Waals surface area contributed by atoms with Gasteiger partial charge in [-0.1, -0.05) is 30.3 Å². The van der Waals surface area contributed by atoms with Crippen molar-refractivity contribution in [3.8, 4) is 23.4 Å². The number of nitrogens with two attached hydrogens (primary N) is 1. The van der Waals surface area contributed by atoms with Gasteiger partial charge in [0.25, 0.3) is 0 Å². The van der Waals surface area contributed by atoms with E-state index in [0.29, 0.717) is 22.5 Å². The number of nitrogens with zero attached hydrogens (tertiary/aromatic N) is 3. The predicted octanol–water partition coefficient (Wildman–Crippen LogP) is 4.64. The zero-order chi connectivity index (χ0) is 23.0. The molecule has 32 heavy (non-hydrogen) atoms. The van der Waals surface area contributed by atoms with Crippen LogP contribution in [0.1, 0.15) is 22.7 Å². The van der Waals surface area contributed by atoms with Crippen LogP contribution in [0.25, 0.3) is 5.69 Å². The van der Waals surface area contributed by atoms with Crippen LogP contribution in [0.15, 0.2) is 66.1 Å². The van der Waals surface area contributed by atoms with E-state index < -0.39 is 24.2 Å². The number of rotatable bonds is 5. The monoisotopic (exact) mass is 444 g/mol. The first kappa shape index (κ1) is 21.2. The Morgan fingerprint density at radius 1 is 1.19 bits per heavy atom. The van der Waals surface area contributed by atoms with Crippen molar-refractivity contribution in [3.63, 3.8) is 0 Å². The fourth-order valence-electron chi connectivity index (χ4n) is 3.55. The zero-order valence-corrected chi connectivity index (χ0v) is 16.6. The van der Waals surface area contributed by atoms with Gasteiger partial charge >= 0.3 is 12.5 Å². The second-order valence-electron chi connectivity index (χ2n) is 7.01. The fourth-order valence-corrected chi connectivity index (χ4v) is 3.55. The minimum absolute atomic E-state index is 0.0333. The van der Waals surface area contributed by atoms with Gasteiger partial charge in [-0.2, -0.15) is 27.9 Å². The van der Waals surface area contributed by atoms with E-state index in [-0.39, 0.29) is 17.3 Å². The highest BCUT2D eigenvalue weighted by Gasteiger charge is 2.44. The molecule has 0 fully saturated rings. The Bertz CT molecular complexity index is 1230. The van der Waals surface area contributed by atoms with Crippen LogP contribution in [0, 0.1) is 18.3 Å². The standard InChI is InChI=1S/C22H16F4N4O2/c1-12-17-18(13-6-5-9-15(10-13)32-22(25,26)21(23)24)16(11-27)19(28)31-20(17)30(29-12)14-7-3-2-4-8-14/h2-10,18,21H,28H2,1H3.